The number of carboxylic acids is 1. The van der Waals surface area contributed by atoms with Crippen LogP contribution in [0.5, 0.6) is 0 Å². The maximum atomic E-state index is 10.3. The van der Waals surface area contributed by atoms with E-state index in [-0.39, 0.29) is 0 Å². The van der Waals surface area contributed by atoms with Crippen LogP contribution >= 0.6 is 0 Å². The van der Waals surface area contributed by atoms with Gasteiger partial charge < -0.3 is 25.2 Å². The van der Waals surface area contributed by atoms with Gasteiger partial charge in [0.05, 0.1) is 0 Å². The number of rotatable bonds is 1. The molecule has 1 aliphatic heterocycles. The van der Waals surface area contributed by atoms with Crippen LogP contribution in [0.4, 0.5) is 0 Å². The van der Waals surface area contributed by atoms with Gasteiger partial charge in [-0.05, 0) is 6.08 Å². The van der Waals surface area contributed by atoms with Crippen LogP contribution in [0.25, 0.3) is 0 Å². The van der Waals surface area contributed by atoms with E-state index in [1.807, 2.05) is 0 Å². The summed E-state index contributed by atoms with van der Waals surface area (Å²) in [4.78, 5) is 10.3. The lowest BCUT2D eigenvalue weighted by Crippen LogP contribution is -2.42. The van der Waals surface area contributed by atoms with Gasteiger partial charge in [-0.1, -0.05) is 0 Å². The third-order valence-electron chi connectivity index (χ3n) is 1.42. The minimum Gasteiger partial charge on any atom is -0.475 e. The Morgan fingerprint density at radius 1 is 1.42 bits per heavy atom. The zero-order valence-corrected chi connectivity index (χ0v) is 5.91. The first-order valence-electron chi connectivity index (χ1n) is 3.18. The average Bonchev–Trinajstić information content (AvgIpc) is 1.99. The highest BCUT2D eigenvalue weighted by Crippen LogP contribution is 2.16. The molecule has 0 aliphatic carbocycles. The van der Waals surface area contributed by atoms with Gasteiger partial charge in [-0.2, -0.15) is 0 Å². The Balaban J connectivity index is 2.81. The molecule has 0 spiro atoms. The number of aliphatic hydroxyl groups excluding tert-OH is 3. The predicted molar refractivity (Wildman–Crippen MR) is 34.8 cm³/mol. The second-order valence-electron chi connectivity index (χ2n) is 2.33. The van der Waals surface area contributed by atoms with Crippen molar-refractivity contribution < 1.29 is 30.0 Å². The van der Waals surface area contributed by atoms with Crippen molar-refractivity contribution in [2.45, 2.75) is 18.5 Å². The van der Waals surface area contributed by atoms with Gasteiger partial charge in [0.2, 0.25) is 12.0 Å². The van der Waals surface area contributed by atoms with Gasteiger partial charge in [-0.15, -0.1) is 0 Å². The maximum absolute atomic E-state index is 10.3. The van der Waals surface area contributed by atoms with Crippen LogP contribution < -0.4 is 0 Å². The first kappa shape index (κ1) is 8.98. The Morgan fingerprint density at radius 3 is 2.42 bits per heavy atom. The Labute approximate surface area is 67.3 Å². The van der Waals surface area contributed by atoms with Gasteiger partial charge in [0.15, 0.2) is 0 Å². The Hall–Kier alpha value is -1.11. The Bertz CT molecular complexity index is 222. The molecule has 6 heteroatoms. The minimum absolute atomic E-state index is 0.569. The molecule has 3 unspecified atom stereocenters. The summed E-state index contributed by atoms with van der Waals surface area (Å²) < 4.78 is 4.34. The lowest BCUT2D eigenvalue weighted by molar-refractivity contribution is -0.183. The first-order chi connectivity index (χ1) is 5.52. The summed E-state index contributed by atoms with van der Waals surface area (Å²) in [5.41, 5.74) is 0. The van der Waals surface area contributed by atoms with Crippen LogP contribution in [0.2, 0.25) is 0 Å². The molecule has 0 amide bonds. The third kappa shape index (κ3) is 1.55. The van der Waals surface area contributed by atoms with Gasteiger partial charge in [0, 0.05) is 0 Å². The van der Waals surface area contributed by atoms with Gasteiger partial charge in [0.25, 0.3) is 0 Å². The molecule has 6 nitrogen and oxygen atoms in total. The van der Waals surface area contributed by atoms with Crippen LogP contribution in [0.1, 0.15) is 0 Å². The van der Waals surface area contributed by atoms with Gasteiger partial charge in [-0.3, -0.25) is 0 Å². The highest BCUT2D eigenvalue weighted by Gasteiger charge is 2.32. The van der Waals surface area contributed by atoms with Crippen molar-refractivity contribution in [2.75, 3.05) is 0 Å². The van der Waals surface area contributed by atoms with E-state index in [0.717, 1.165) is 6.08 Å². The quantitative estimate of drug-likeness (QED) is 0.369. The fraction of sp³-hybridized carbons (Fsp3) is 0.500. The lowest BCUT2D eigenvalue weighted by atomic mass is 10.1. The molecule has 1 rings (SSSR count). The smallest absolute Gasteiger partial charge is 0.371 e. The van der Waals surface area contributed by atoms with Gasteiger partial charge in [-0.25, -0.2) is 4.79 Å². The largest absolute Gasteiger partial charge is 0.475 e. The van der Waals surface area contributed by atoms with Crippen molar-refractivity contribution in [1.29, 1.82) is 0 Å². The number of carbonyl (C=O) groups is 1. The SMILES string of the molecule is O=C(O)C1=CC(O)C(O)C(O)O1. The van der Waals surface area contributed by atoms with E-state index >= 15 is 0 Å². The zero-order valence-electron chi connectivity index (χ0n) is 5.91. The topological polar surface area (TPSA) is 107 Å². The van der Waals surface area contributed by atoms with Crippen molar-refractivity contribution >= 4 is 5.97 Å². The number of ether oxygens (including phenoxy) is 1. The highest BCUT2D eigenvalue weighted by atomic mass is 16.6. The summed E-state index contributed by atoms with van der Waals surface area (Å²) in [6.07, 6.45) is -3.80. The number of hydrogen-bond acceptors (Lipinski definition) is 5. The molecular formula is C6H8O6. The standard InChI is InChI=1S/C6H8O6/c7-2-1-3(5(9)10)12-6(11)4(2)8/h1-2,4,6-8,11H,(H,9,10). The van der Waals surface area contributed by atoms with Crippen LogP contribution in [0.3, 0.4) is 0 Å². The molecule has 12 heavy (non-hydrogen) atoms. The van der Waals surface area contributed by atoms with E-state index in [1.54, 1.807) is 0 Å². The summed E-state index contributed by atoms with van der Waals surface area (Å²) in [5.74, 6) is -1.97. The maximum Gasteiger partial charge on any atom is 0.371 e. The summed E-state index contributed by atoms with van der Waals surface area (Å²) in [7, 11) is 0. The van der Waals surface area contributed by atoms with Crippen molar-refractivity contribution in [3.05, 3.63) is 11.8 Å². The fourth-order valence-corrected chi connectivity index (χ4v) is 0.783. The summed E-state index contributed by atoms with van der Waals surface area (Å²) in [6.45, 7) is 0. The van der Waals surface area contributed by atoms with Crippen LogP contribution in [-0.4, -0.2) is 44.9 Å². The highest BCUT2D eigenvalue weighted by molar-refractivity contribution is 5.84. The molecule has 0 aromatic carbocycles. The second kappa shape index (κ2) is 3.10. The molecule has 0 saturated heterocycles. The molecule has 68 valence electrons. The molecule has 3 atom stereocenters. The molecule has 0 fully saturated rings. The molecule has 4 N–H and O–H groups in total. The number of hydrogen-bond donors (Lipinski definition) is 4. The molecular weight excluding hydrogens is 168 g/mol. The fourth-order valence-electron chi connectivity index (χ4n) is 0.783. The van der Waals surface area contributed by atoms with E-state index in [4.69, 9.17) is 20.4 Å². The summed E-state index contributed by atoms with van der Waals surface area (Å²) in [6, 6.07) is 0. The van der Waals surface area contributed by atoms with E-state index in [2.05, 4.69) is 4.74 Å². The summed E-state index contributed by atoms with van der Waals surface area (Å²) >= 11 is 0. The molecule has 0 aromatic heterocycles. The van der Waals surface area contributed by atoms with Crippen LogP contribution in [0, 0.1) is 0 Å². The Kier molecular flexibility index (Phi) is 2.32. The molecule has 0 radical (unpaired) electrons. The monoisotopic (exact) mass is 176 g/mol. The van der Waals surface area contributed by atoms with Crippen LogP contribution in [-0.2, 0) is 9.53 Å². The molecule has 1 heterocycles. The lowest BCUT2D eigenvalue weighted by Gasteiger charge is -2.26. The second-order valence-corrected chi connectivity index (χ2v) is 2.33. The van der Waals surface area contributed by atoms with E-state index < -0.39 is 30.2 Å². The Morgan fingerprint density at radius 2 is 2.00 bits per heavy atom. The summed E-state index contributed by atoms with van der Waals surface area (Å²) in [5, 5.41) is 35.0. The normalized spacial score (nSPS) is 35.2. The number of carboxylic acid groups (broad SMARTS) is 1. The molecule has 1 aliphatic rings. The minimum atomic E-state index is -1.70. The van der Waals surface area contributed by atoms with Crippen molar-refractivity contribution in [3.63, 3.8) is 0 Å². The van der Waals surface area contributed by atoms with E-state index in [0.29, 0.717) is 0 Å². The molecule has 0 aromatic rings. The average molecular weight is 176 g/mol. The predicted octanol–water partition coefficient (Wildman–Crippen LogP) is -1.97. The van der Waals surface area contributed by atoms with Gasteiger partial charge in [0.1, 0.15) is 12.2 Å². The zero-order chi connectivity index (χ0) is 9.30. The van der Waals surface area contributed by atoms with Crippen molar-refractivity contribution in [3.8, 4) is 0 Å². The van der Waals surface area contributed by atoms with Crippen LogP contribution in [0.15, 0.2) is 11.8 Å². The van der Waals surface area contributed by atoms with E-state index in [9.17, 15) is 4.79 Å². The first-order valence-corrected chi connectivity index (χ1v) is 3.18. The molecule has 0 bridgehead atoms. The van der Waals surface area contributed by atoms with Gasteiger partial charge >= 0.3 is 5.97 Å². The molecule has 0 saturated carbocycles. The van der Waals surface area contributed by atoms with E-state index in [1.165, 1.54) is 0 Å². The number of aliphatic hydroxyl groups is 3. The number of aliphatic carboxylic acids is 1. The third-order valence-corrected chi connectivity index (χ3v) is 1.42. The van der Waals surface area contributed by atoms with Crippen molar-refractivity contribution in [2.24, 2.45) is 0 Å². The van der Waals surface area contributed by atoms with Crippen molar-refractivity contribution in [1.82, 2.24) is 0 Å².